The third-order valence-electron chi connectivity index (χ3n) is 4.13. The van der Waals surface area contributed by atoms with Crippen molar-refractivity contribution in [3.05, 3.63) is 35.9 Å². The standard InChI is InChI=1S/C16H23NO2S/c1-3-13(2)15(14-7-5-4-6-8-14)16(18)17-9-11-20(19)12-10-17/h4-8,13,15H,3,9-12H2,1-2H3/t13-,15-/m0/s1. The van der Waals surface area contributed by atoms with Crippen LogP contribution in [0, 0.1) is 5.92 Å². The van der Waals surface area contributed by atoms with E-state index in [0.29, 0.717) is 30.5 Å². The van der Waals surface area contributed by atoms with E-state index in [2.05, 4.69) is 13.8 Å². The molecule has 2 rings (SSSR count). The quantitative estimate of drug-likeness (QED) is 0.855. The lowest BCUT2D eigenvalue weighted by Gasteiger charge is -2.32. The molecule has 1 aliphatic heterocycles. The Balaban J connectivity index is 2.19. The van der Waals surface area contributed by atoms with Crippen LogP contribution in [0.2, 0.25) is 0 Å². The fraction of sp³-hybridized carbons (Fsp3) is 0.562. The Hall–Kier alpha value is -1.16. The summed E-state index contributed by atoms with van der Waals surface area (Å²) in [6, 6.07) is 10.0. The number of benzene rings is 1. The molecule has 0 radical (unpaired) electrons. The van der Waals surface area contributed by atoms with Crippen LogP contribution in [-0.4, -0.2) is 39.6 Å². The van der Waals surface area contributed by atoms with Gasteiger partial charge in [-0.15, -0.1) is 0 Å². The minimum Gasteiger partial charge on any atom is -0.340 e. The van der Waals surface area contributed by atoms with Crippen LogP contribution in [0.5, 0.6) is 0 Å². The summed E-state index contributed by atoms with van der Waals surface area (Å²) in [5.74, 6) is 1.67. The van der Waals surface area contributed by atoms with E-state index < -0.39 is 10.8 Å². The second-order valence-corrected chi connectivity index (χ2v) is 7.14. The molecule has 1 aromatic carbocycles. The molecule has 0 unspecified atom stereocenters. The van der Waals surface area contributed by atoms with Gasteiger partial charge in [-0.2, -0.15) is 0 Å². The summed E-state index contributed by atoms with van der Waals surface area (Å²) in [7, 11) is -0.742. The molecule has 2 atom stereocenters. The highest BCUT2D eigenvalue weighted by atomic mass is 32.2. The van der Waals surface area contributed by atoms with Crippen LogP contribution in [0.1, 0.15) is 31.7 Å². The first-order chi connectivity index (χ1) is 9.63. The molecule has 110 valence electrons. The van der Waals surface area contributed by atoms with Crippen molar-refractivity contribution in [2.24, 2.45) is 5.92 Å². The summed E-state index contributed by atoms with van der Waals surface area (Å²) < 4.78 is 11.4. The van der Waals surface area contributed by atoms with Crippen molar-refractivity contribution in [3.63, 3.8) is 0 Å². The molecule has 1 fully saturated rings. The average molecular weight is 293 g/mol. The molecule has 0 N–H and O–H groups in total. The van der Waals surface area contributed by atoms with Crippen molar-refractivity contribution < 1.29 is 9.00 Å². The van der Waals surface area contributed by atoms with Gasteiger partial charge < -0.3 is 4.90 Å². The zero-order chi connectivity index (χ0) is 14.5. The van der Waals surface area contributed by atoms with E-state index in [1.165, 1.54) is 0 Å². The van der Waals surface area contributed by atoms with Crippen molar-refractivity contribution in [1.82, 2.24) is 4.90 Å². The van der Waals surface area contributed by atoms with E-state index in [-0.39, 0.29) is 11.8 Å². The number of hydrogen-bond acceptors (Lipinski definition) is 2. The van der Waals surface area contributed by atoms with E-state index in [4.69, 9.17) is 0 Å². The molecular weight excluding hydrogens is 270 g/mol. The van der Waals surface area contributed by atoms with Crippen LogP contribution in [0.4, 0.5) is 0 Å². The zero-order valence-corrected chi connectivity index (χ0v) is 13.1. The highest BCUT2D eigenvalue weighted by Gasteiger charge is 2.31. The minimum absolute atomic E-state index is 0.0762. The van der Waals surface area contributed by atoms with Gasteiger partial charge in [0.05, 0.1) is 5.92 Å². The van der Waals surface area contributed by atoms with Crippen molar-refractivity contribution in [2.45, 2.75) is 26.2 Å². The van der Waals surface area contributed by atoms with Gasteiger partial charge in [-0.05, 0) is 11.5 Å². The molecule has 1 amide bonds. The number of nitrogens with zero attached hydrogens (tertiary/aromatic N) is 1. The van der Waals surface area contributed by atoms with Crippen LogP contribution < -0.4 is 0 Å². The van der Waals surface area contributed by atoms with Crippen molar-refractivity contribution >= 4 is 16.7 Å². The van der Waals surface area contributed by atoms with Crippen molar-refractivity contribution in [2.75, 3.05) is 24.6 Å². The molecule has 0 spiro atoms. The third kappa shape index (κ3) is 3.48. The molecular formula is C16H23NO2S. The fourth-order valence-electron chi connectivity index (χ4n) is 2.67. The molecule has 0 bridgehead atoms. The molecule has 20 heavy (non-hydrogen) atoms. The Morgan fingerprint density at radius 1 is 1.25 bits per heavy atom. The fourth-order valence-corrected chi connectivity index (χ4v) is 3.72. The Labute approximate surface area is 123 Å². The minimum atomic E-state index is -0.742. The van der Waals surface area contributed by atoms with Gasteiger partial charge in [-0.1, -0.05) is 50.6 Å². The zero-order valence-electron chi connectivity index (χ0n) is 12.2. The van der Waals surface area contributed by atoms with Crippen LogP contribution in [0.25, 0.3) is 0 Å². The summed E-state index contributed by atoms with van der Waals surface area (Å²) in [6.45, 7) is 5.52. The molecule has 0 saturated carbocycles. The first-order valence-electron chi connectivity index (χ1n) is 7.32. The lowest BCUT2D eigenvalue weighted by Crippen LogP contribution is -2.45. The van der Waals surface area contributed by atoms with E-state index >= 15 is 0 Å². The summed E-state index contributed by atoms with van der Waals surface area (Å²) in [5.41, 5.74) is 1.10. The Kier molecular flexibility index (Phi) is 5.35. The summed E-state index contributed by atoms with van der Waals surface area (Å²) in [6.07, 6.45) is 0.977. The predicted molar refractivity (Wildman–Crippen MR) is 83.1 cm³/mol. The van der Waals surface area contributed by atoms with Crippen LogP contribution >= 0.6 is 0 Å². The summed E-state index contributed by atoms with van der Waals surface area (Å²) in [4.78, 5) is 14.7. The monoisotopic (exact) mass is 293 g/mol. The van der Waals surface area contributed by atoms with E-state index in [1.807, 2.05) is 35.2 Å². The SMILES string of the molecule is CC[C@H](C)[C@H](C(=O)N1CCS(=O)CC1)c1ccccc1. The van der Waals surface area contributed by atoms with Gasteiger partial charge in [0.15, 0.2) is 0 Å². The Morgan fingerprint density at radius 3 is 2.40 bits per heavy atom. The number of amides is 1. The lowest BCUT2D eigenvalue weighted by atomic mass is 9.84. The molecule has 1 heterocycles. The van der Waals surface area contributed by atoms with E-state index in [0.717, 1.165) is 12.0 Å². The lowest BCUT2D eigenvalue weighted by molar-refractivity contribution is -0.133. The summed E-state index contributed by atoms with van der Waals surface area (Å²) >= 11 is 0. The first-order valence-corrected chi connectivity index (χ1v) is 8.81. The molecule has 4 heteroatoms. The molecule has 0 aromatic heterocycles. The molecule has 1 aromatic rings. The maximum absolute atomic E-state index is 12.8. The molecule has 0 aliphatic carbocycles. The predicted octanol–water partition coefficient (Wildman–Crippen LogP) is 2.41. The van der Waals surface area contributed by atoms with Crippen molar-refractivity contribution in [1.29, 1.82) is 0 Å². The Morgan fingerprint density at radius 2 is 1.85 bits per heavy atom. The van der Waals surface area contributed by atoms with Crippen molar-refractivity contribution in [3.8, 4) is 0 Å². The number of hydrogen-bond donors (Lipinski definition) is 0. The largest absolute Gasteiger partial charge is 0.340 e. The smallest absolute Gasteiger partial charge is 0.230 e. The highest BCUT2D eigenvalue weighted by molar-refractivity contribution is 7.85. The average Bonchev–Trinajstić information content (AvgIpc) is 2.49. The maximum atomic E-state index is 12.8. The second-order valence-electron chi connectivity index (χ2n) is 5.45. The highest BCUT2D eigenvalue weighted by Crippen LogP contribution is 2.29. The molecule has 1 saturated heterocycles. The van der Waals surface area contributed by atoms with Gasteiger partial charge >= 0.3 is 0 Å². The molecule has 3 nitrogen and oxygen atoms in total. The normalized spacial score (nSPS) is 19.6. The summed E-state index contributed by atoms with van der Waals surface area (Å²) in [5, 5.41) is 0. The van der Waals surface area contributed by atoms with Gasteiger partial charge in [0.25, 0.3) is 0 Å². The number of carbonyl (C=O) groups excluding carboxylic acids is 1. The maximum Gasteiger partial charge on any atom is 0.230 e. The van der Waals surface area contributed by atoms with Gasteiger partial charge in [0.1, 0.15) is 0 Å². The third-order valence-corrected chi connectivity index (χ3v) is 5.40. The Bertz CT molecular complexity index is 465. The van der Waals surface area contributed by atoms with Crippen LogP contribution in [0.15, 0.2) is 30.3 Å². The molecule has 1 aliphatic rings. The number of rotatable bonds is 4. The van der Waals surface area contributed by atoms with Crippen LogP contribution in [0.3, 0.4) is 0 Å². The van der Waals surface area contributed by atoms with Crippen LogP contribution in [-0.2, 0) is 15.6 Å². The van der Waals surface area contributed by atoms with E-state index in [9.17, 15) is 9.00 Å². The van der Waals surface area contributed by atoms with Gasteiger partial charge in [0, 0.05) is 35.4 Å². The topological polar surface area (TPSA) is 37.4 Å². The van der Waals surface area contributed by atoms with Gasteiger partial charge in [-0.3, -0.25) is 9.00 Å². The first kappa shape index (κ1) is 15.2. The van der Waals surface area contributed by atoms with E-state index in [1.54, 1.807) is 0 Å². The number of carbonyl (C=O) groups is 1. The second kappa shape index (κ2) is 7.02. The van der Waals surface area contributed by atoms with Gasteiger partial charge in [-0.25, -0.2) is 0 Å². The van der Waals surface area contributed by atoms with Gasteiger partial charge in [0.2, 0.25) is 5.91 Å².